The van der Waals surface area contributed by atoms with Crippen molar-refractivity contribution in [3.05, 3.63) is 66.2 Å². The number of para-hydroxylation sites is 1. The predicted molar refractivity (Wildman–Crippen MR) is 89.8 cm³/mol. The number of amides is 1. The highest BCUT2D eigenvalue weighted by Gasteiger charge is 2.18. The van der Waals surface area contributed by atoms with Crippen molar-refractivity contribution in [3.8, 4) is 0 Å². The Kier molecular flexibility index (Phi) is 6.65. The topological polar surface area (TPSA) is 29.5 Å². The highest BCUT2D eigenvalue weighted by molar-refractivity contribution is 6.04. The lowest BCUT2D eigenvalue weighted by Crippen LogP contribution is -2.31. The molecule has 0 unspecified atom stereocenters. The van der Waals surface area contributed by atoms with E-state index in [9.17, 15) is 4.79 Å². The maximum absolute atomic E-state index is 12.7. The first-order chi connectivity index (χ1) is 10.8. The molecule has 2 aromatic rings. The Bertz CT molecular complexity index is 554. The number of hydrogen-bond donors (Lipinski definition) is 0. The fraction of sp³-hybridized carbons (Fsp3) is 0.316. The van der Waals surface area contributed by atoms with Crippen molar-refractivity contribution >= 4 is 11.6 Å². The van der Waals surface area contributed by atoms with Gasteiger partial charge in [0.05, 0.1) is 12.3 Å². The van der Waals surface area contributed by atoms with Gasteiger partial charge in [-0.2, -0.15) is 5.06 Å². The van der Waals surface area contributed by atoms with E-state index < -0.39 is 0 Å². The highest BCUT2D eigenvalue weighted by Crippen LogP contribution is 2.18. The molecule has 0 bridgehead atoms. The third kappa shape index (κ3) is 4.71. The van der Waals surface area contributed by atoms with Crippen molar-refractivity contribution in [3.63, 3.8) is 0 Å². The molecule has 1 amide bonds. The fourth-order valence-electron chi connectivity index (χ4n) is 2.20. The highest BCUT2D eigenvalue weighted by atomic mass is 16.7. The number of rotatable bonds is 8. The van der Waals surface area contributed by atoms with Gasteiger partial charge in [0.25, 0.3) is 5.91 Å². The van der Waals surface area contributed by atoms with Crippen molar-refractivity contribution in [2.24, 2.45) is 0 Å². The van der Waals surface area contributed by atoms with Gasteiger partial charge in [-0.05, 0) is 30.7 Å². The van der Waals surface area contributed by atoms with E-state index in [0.717, 1.165) is 18.5 Å². The summed E-state index contributed by atoms with van der Waals surface area (Å²) in [5.74, 6) is -0.137. The standard InChI is InChI=1S/C19H23NO2/c1-2-3-4-11-16-22-20(18-14-9-6-10-15-18)19(21)17-12-7-5-8-13-17/h5-10,12-15H,2-4,11,16H2,1H3. The number of carbonyl (C=O) groups excluding carboxylic acids is 1. The van der Waals surface area contributed by atoms with Gasteiger partial charge in [-0.25, -0.2) is 0 Å². The molecule has 0 aliphatic heterocycles. The Balaban J connectivity index is 2.07. The summed E-state index contributed by atoms with van der Waals surface area (Å²) in [6.07, 6.45) is 4.46. The number of anilines is 1. The lowest BCUT2D eigenvalue weighted by atomic mass is 10.2. The van der Waals surface area contributed by atoms with E-state index in [4.69, 9.17) is 4.84 Å². The summed E-state index contributed by atoms with van der Waals surface area (Å²) in [5, 5.41) is 1.40. The number of hydroxylamine groups is 1. The van der Waals surface area contributed by atoms with Gasteiger partial charge in [0, 0.05) is 5.56 Å². The molecule has 0 saturated carbocycles. The maximum Gasteiger partial charge on any atom is 0.282 e. The zero-order chi connectivity index (χ0) is 15.6. The summed E-state index contributed by atoms with van der Waals surface area (Å²) in [6.45, 7) is 2.73. The number of hydrogen-bond acceptors (Lipinski definition) is 2. The zero-order valence-corrected chi connectivity index (χ0v) is 13.1. The third-order valence-corrected chi connectivity index (χ3v) is 3.41. The minimum atomic E-state index is -0.137. The quantitative estimate of drug-likeness (QED) is 0.515. The van der Waals surface area contributed by atoms with Crippen LogP contribution in [0.5, 0.6) is 0 Å². The van der Waals surface area contributed by atoms with Gasteiger partial charge >= 0.3 is 0 Å². The van der Waals surface area contributed by atoms with Gasteiger partial charge in [-0.1, -0.05) is 62.6 Å². The van der Waals surface area contributed by atoms with Crippen LogP contribution in [-0.4, -0.2) is 12.5 Å². The summed E-state index contributed by atoms with van der Waals surface area (Å²) in [4.78, 5) is 18.4. The fourth-order valence-corrected chi connectivity index (χ4v) is 2.20. The average Bonchev–Trinajstić information content (AvgIpc) is 2.59. The Hall–Kier alpha value is -2.13. The van der Waals surface area contributed by atoms with Crippen molar-refractivity contribution in [2.45, 2.75) is 32.6 Å². The molecular formula is C19H23NO2. The molecule has 0 aromatic heterocycles. The first kappa shape index (κ1) is 16.2. The van der Waals surface area contributed by atoms with E-state index in [2.05, 4.69) is 6.92 Å². The average molecular weight is 297 g/mol. The number of benzene rings is 2. The van der Waals surface area contributed by atoms with E-state index in [0.29, 0.717) is 12.2 Å². The van der Waals surface area contributed by atoms with E-state index in [1.807, 2.05) is 48.5 Å². The van der Waals surface area contributed by atoms with Crippen LogP contribution < -0.4 is 5.06 Å². The molecule has 3 heteroatoms. The van der Waals surface area contributed by atoms with Gasteiger partial charge in [0.1, 0.15) is 0 Å². The lowest BCUT2D eigenvalue weighted by molar-refractivity contribution is 0.0637. The van der Waals surface area contributed by atoms with Gasteiger partial charge < -0.3 is 0 Å². The predicted octanol–water partition coefficient (Wildman–Crippen LogP) is 4.85. The number of carbonyl (C=O) groups is 1. The molecule has 2 aromatic carbocycles. The van der Waals surface area contributed by atoms with Crippen molar-refractivity contribution in [2.75, 3.05) is 11.7 Å². The first-order valence-electron chi connectivity index (χ1n) is 7.90. The summed E-state index contributed by atoms with van der Waals surface area (Å²) in [5.41, 5.74) is 1.38. The second-order valence-corrected chi connectivity index (χ2v) is 5.19. The monoisotopic (exact) mass is 297 g/mol. The van der Waals surface area contributed by atoms with Crippen LogP contribution in [0, 0.1) is 0 Å². The Labute approximate surface area is 132 Å². The summed E-state index contributed by atoms with van der Waals surface area (Å²) >= 11 is 0. The van der Waals surface area contributed by atoms with Gasteiger partial charge in [-0.15, -0.1) is 0 Å². The molecule has 0 heterocycles. The van der Waals surface area contributed by atoms with Crippen LogP contribution in [0.15, 0.2) is 60.7 Å². The second-order valence-electron chi connectivity index (χ2n) is 5.19. The molecule has 22 heavy (non-hydrogen) atoms. The van der Waals surface area contributed by atoms with Crippen LogP contribution in [-0.2, 0) is 4.84 Å². The van der Waals surface area contributed by atoms with E-state index in [-0.39, 0.29) is 5.91 Å². The van der Waals surface area contributed by atoms with Crippen molar-refractivity contribution in [1.29, 1.82) is 0 Å². The molecule has 0 atom stereocenters. The van der Waals surface area contributed by atoms with Crippen LogP contribution in [0.3, 0.4) is 0 Å². The normalized spacial score (nSPS) is 10.4. The number of nitrogens with zero attached hydrogens (tertiary/aromatic N) is 1. The molecule has 0 spiro atoms. The van der Waals surface area contributed by atoms with E-state index >= 15 is 0 Å². The van der Waals surface area contributed by atoms with Crippen LogP contribution in [0.25, 0.3) is 0 Å². The Morgan fingerprint density at radius 1 is 0.909 bits per heavy atom. The molecule has 0 N–H and O–H groups in total. The van der Waals surface area contributed by atoms with Gasteiger partial charge in [0.2, 0.25) is 0 Å². The molecule has 0 aliphatic rings. The van der Waals surface area contributed by atoms with Crippen molar-refractivity contribution < 1.29 is 9.63 Å². The Morgan fingerprint density at radius 3 is 2.18 bits per heavy atom. The lowest BCUT2D eigenvalue weighted by Gasteiger charge is -2.22. The molecular weight excluding hydrogens is 274 g/mol. The van der Waals surface area contributed by atoms with Crippen LogP contribution in [0.4, 0.5) is 5.69 Å². The van der Waals surface area contributed by atoms with Gasteiger partial charge in [-0.3, -0.25) is 9.63 Å². The zero-order valence-electron chi connectivity index (χ0n) is 13.1. The van der Waals surface area contributed by atoms with E-state index in [1.165, 1.54) is 17.9 Å². The Morgan fingerprint density at radius 2 is 1.55 bits per heavy atom. The minimum Gasteiger partial charge on any atom is -0.266 e. The summed E-state index contributed by atoms with van der Waals surface area (Å²) in [6, 6.07) is 18.7. The molecule has 0 fully saturated rings. The summed E-state index contributed by atoms with van der Waals surface area (Å²) in [7, 11) is 0. The molecule has 0 saturated heterocycles. The molecule has 3 nitrogen and oxygen atoms in total. The van der Waals surface area contributed by atoms with Crippen LogP contribution in [0.1, 0.15) is 43.0 Å². The second kappa shape index (κ2) is 9.00. The molecule has 0 radical (unpaired) electrons. The summed E-state index contributed by atoms with van der Waals surface area (Å²) < 4.78 is 0. The van der Waals surface area contributed by atoms with Crippen LogP contribution in [0.2, 0.25) is 0 Å². The smallest absolute Gasteiger partial charge is 0.266 e. The minimum absolute atomic E-state index is 0.137. The maximum atomic E-state index is 12.7. The largest absolute Gasteiger partial charge is 0.282 e. The van der Waals surface area contributed by atoms with E-state index in [1.54, 1.807) is 12.1 Å². The molecule has 2 rings (SSSR count). The first-order valence-corrected chi connectivity index (χ1v) is 7.90. The molecule has 116 valence electrons. The molecule has 0 aliphatic carbocycles. The SMILES string of the molecule is CCCCCCON(C(=O)c1ccccc1)c1ccccc1. The van der Waals surface area contributed by atoms with Crippen LogP contribution >= 0.6 is 0 Å². The van der Waals surface area contributed by atoms with Crippen molar-refractivity contribution in [1.82, 2.24) is 0 Å². The third-order valence-electron chi connectivity index (χ3n) is 3.41. The number of unbranched alkanes of at least 4 members (excludes halogenated alkanes) is 3. The van der Waals surface area contributed by atoms with Gasteiger partial charge in [0.15, 0.2) is 0 Å².